The number of carbonyl (C=O) groups is 1. The van der Waals surface area contributed by atoms with Crippen molar-refractivity contribution in [1.29, 1.82) is 0 Å². The first-order valence-electron chi connectivity index (χ1n) is 6.86. The Labute approximate surface area is 162 Å². The summed E-state index contributed by atoms with van der Waals surface area (Å²) in [4.78, 5) is 14.8. The summed E-state index contributed by atoms with van der Waals surface area (Å²) in [6.07, 6.45) is 1.75. The van der Waals surface area contributed by atoms with E-state index in [9.17, 15) is 4.79 Å². The Hall–Kier alpha value is -1.34. The van der Waals surface area contributed by atoms with Gasteiger partial charge in [0.1, 0.15) is 5.75 Å². The zero-order valence-electron chi connectivity index (χ0n) is 12.5. The van der Waals surface area contributed by atoms with Gasteiger partial charge in [0.25, 0.3) is 5.91 Å². The lowest BCUT2D eigenvalue weighted by atomic mass is 10.2. The molecule has 0 aromatic heterocycles. The van der Waals surface area contributed by atoms with Gasteiger partial charge in [0.15, 0.2) is 4.32 Å². The molecule has 0 N–H and O–H groups in total. The van der Waals surface area contributed by atoms with E-state index in [1.807, 2.05) is 24.3 Å². The molecule has 1 heterocycles. The van der Waals surface area contributed by atoms with E-state index in [-0.39, 0.29) is 5.91 Å². The Bertz CT molecular complexity index is 869. The van der Waals surface area contributed by atoms with Crippen molar-refractivity contribution in [1.82, 2.24) is 0 Å². The molecule has 0 radical (unpaired) electrons. The third-order valence-electron chi connectivity index (χ3n) is 3.34. The molecule has 3 nitrogen and oxygen atoms in total. The van der Waals surface area contributed by atoms with E-state index in [1.165, 1.54) is 16.7 Å². The summed E-state index contributed by atoms with van der Waals surface area (Å²) < 4.78 is 6.70. The van der Waals surface area contributed by atoms with Gasteiger partial charge >= 0.3 is 0 Å². The molecule has 0 aliphatic carbocycles. The molecule has 1 saturated heterocycles. The molecule has 1 amide bonds. The number of anilines is 1. The van der Waals surface area contributed by atoms with Crippen LogP contribution in [0.3, 0.4) is 0 Å². The first-order valence-corrected chi connectivity index (χ1v) is 9.26. The quantitative estimate of drug-likeness (QED) is 0.464. The molecule has 2 aromatic carbocycles. The van der Waals surface area contributed by atoms with Gasteiger partial charge in [-0.2, -0.15) is 0 Å². The van der Waals surface area contributed by atoms with Gasteiger partial charge in [-0.25, -0.2) is 0 Å². The molecule has 2 aromatic rings. The lowest BCUT2D eigenvalue weighted by Gasteiger charge is -2.14. The number of rotatable bonds is 3. The summed E-state index contributed by atoms with van der Waals surface area (Å²) in [5.74, 6) is 0.484. The lowest BCUT2D eigenvalue weighted by molar-refractivity contribution is -0.113. The number of halogens is 2. The molecular formula is C17H11BrClNO2S2. The first kappa shape index (κ1) is 17.5. The zero-order valence-corrected chi connectivity index (χ0v) is 16.4. The van der Waals surface area contributed by atoms with Crippen molar-refractivity contribution in [2.45, 2.75) is 0 Å². The molecule has 0 atom stereocenters. The Morgan fingerprint density at radius 1 is 1.29 bits per heavy atom. The van der Waals surface area contributed by atoms with E-state index in [0.717, 1.165) is 15.7 Å². The smallest absolute Gasteiger partial charge is 0.270 e. The number of benzene rings is 2. The summed E-state index contributed by atoms with van der Waals surface area (Å²) in [6.45, 7) is 0. The summed E-state index contributed by atoms with van der Waals surface area (Å²) in [6, 6.07) is 12.7. The van der Waals surface area contributed by atoms with Crippen LogP contribution in [0.2, 0.25) is 5.02 Å². The molecule has 122 valence electrons. The van der Waals surface area contributed by atoms with Crippen molar-refractivity contribution in [3.05, 3.63) is 62.4 Å². The Morgan fingerprint density at radius 2 is 2.08 bits per heavy atom. The van der Waals surface area contributed by atoms with E-state index in [1.54, 1.807) is 31.4 Å². The second-order valence-corrected chi connectivity index (χ2v) is 7.91. The normalized spacial score (nSPS) is 16.1. The fourth-order valence-corrected chi connectivity index (χ4v) is 4.12. The second-order valence-electron chi connectivity index (χ2n) is 4.88. The van der Waals surface area contributed by atoms with Gasteiger partial charge in [0, 0.05) is 15.1 Å². The highest BCUT2D eigenvalue weighted by Crippen LogP contribution is 2.38. The minimum atomic E-state index is -0.162. The fourth-order valence-electron chi connectivity index (χ4n) is 2.26. The van der Waals surface area contributed by atoms with Gasteiger partial charge in [-0.3, -0.25) is 9.69 Å². The van der Waals surface area contributed by atoms with Gasteiger partial charge < -0.3 is 4.74 Å². The molecule has 0 unspecified atom stereocenters. The average Bonchev–Trinajstić information content (AvgIpc) is 2.81. The van der Waals surface area contributed by atoms with Crippen molar-refractivity contribution in [2.75, 3.05) is 12.0 Å². The molecule has 1 aliphatic rings. The monoisotopic (exact) mass is 439 g/mol. The Kier molecular flexibility index (Phi) is 5.30. The molecule has 24 heavy (non-hydrogen) atoms. The Morgan fingerprint density at radius 3 is 2.79 bits per heavy atom. The van der Waals surface area contributed by atoms with E-state index >= 15 is 0 Å². The number of methoxy groups -OCH3 is 1. The van der Waals surface area contributed by atoms with Crippen LogP contribution >= 0.6 is 51.5 Å². The highest BCUT2D eigenvalue weighted by molar-refractivity contribution is 9.10. The molecule has 3 rings (SSSR count). The highest BCUT2D eigenvalue weighted by Gasteiger charge is 2.33. The maximum Gasteiger partial charge on any atom is 0.270 e. The predicted octanol–water partition coefficient (Wildman–Crippen LogP) is 5.52. The number of thioether (sulfide) groups is 1. The van der Waals surface area contributed by atoms with Crippen LogP contribution in [0.5, 0.6) is 5.75 Å². The van der Waals surface area contributed by atoms with Crippen molar-refractivity contribution in [3.8, 4) is 5.75 Å². The fraction of sp³-hybridized carbons (Fsp3) is 0.0588. The van der Waals surface area contributed by atoms with Crippen LogP contribution in [0.1, 0.15) is 5.56 Å². The lowest BCUT2D eigenvalue weighted by Crippen LogP contribution is -2.27. The molecule has 0 saturated carbocycles. The number of hydrogen-bond donors (Lipinski definition) is 0. The third-order valence-corrected chi connectivity index (χ3v) is 5.37. The number of hydrogen-bond acceptors (Lipinski definition) is 4. The van der Waals surface area contributed by atoms with Crippen LogP contribution in [0.15, 0.2) is 51.8 Å². The maximum absolute atomic E-state index is 12.8. The number of amides is 1. The van der Waals surface area contributed by atoms with Gasteiger partial charge in [0.05, 0.1) is 17.7 Å². The van der Waals surface area contributed by atoms with Crippen molar-refractivity contribution >= 4 is 73.5 Å². The summed E-state index contributed by atoms with van der Waals surface area (Å²) in [5, 5.41) is 0.574. The van der Waals surface area contributed by atoms with E-state index in [2.05, 4.69) is 15.9 Å². The number of thiocarbonyl (C=S) groups is 1. The number of ether oxygens (including phenoxy) is 1. The minimum Gasteiger partial charge on any atom is -0.496 e. The SMILES string of the molecule is COc1ccc(Cl)cc1C=C1SC(=S)N(c2cccc(Br)c2)C1=O. The molecule has 1 aliphatic heterocycles. The van der Waals surface area contributed by atoms with Crippen LogP contribution < -0.4 is 9.64 Å². The standard InChI is InChI=1S/C17H11BrClNO2S2/c1-22-14-6-5-12(19)7-10(14)8-15-16(21)20(17(23)24-15)13-4-2-3-11(18)9-13/h2-9H,1H3. The molecule has 1 fully saturated rings. The number of carbonyl (C=O) groups excluding carboxylic acids is 1. The topological polar surface area (TPSA) is 29.5 Å². The van der Waals surface area contributed by atoms with Crippen molar-refractivity contribution in [2.24, 2.45) is 0 Å². The zero-order chi connectivity index (χ0) is 17.3. The van der Waals surface area contributed by atoms with Crippen molar-refractivity contribution in [3.63, 3.8) is 0 Å². The van der Waals surface area contributed by atoms with E-state index in [4.69, 9.17) is 28.6 Å². The average molecular weight is 441 g/mol. The van der Waals surface area contributed by atoms with Crippen LogP contribution in [0.25, 0.3) is 6.08 Å². The van der Waals surface area contributed by atoms with Gasteiger partial charge in [-0.05, 0) is 42.5 Å². The van der Waals surface area contributed by atoms with E-state index < -0.39 is 0 Å². The van der Waals surface area contributed by atoms with Crippen molar-refractivity contribution < 1.29 is 9.53 Å². The summed E-state index contributed by atoms with van der Waals surface area (Å²) >= 11 is 16.1. The van der Waals surface area contributed by atoms with Gasteiger partial charge in [0.2, 0.25) is 0 Å². The summed E-state index contributed by atoms with van der Waals surface area (Å²) in [7, 11) is 1.58. The molecule has 7 heteroatoms. The van der Waals surface area contributed by atoms with Gasteiger partial charge in [-0.1, -0.05) is 57.6 Å². The van der Waals surface area contributed by atoms with Crippen LogP contribution in [-0.2, 0) is 4.79 Å². The number of nitrogens with zero attached hydrogens (tertiary/aromatic N) is 1. The van der Waals surface area contributed by atoms with Crippen LogP contribution in [0, 0.1) is 0 Å². The highest BCUT2D eigenvalue weighted by atomic mass is 79.9. The van der Waals surface area contributed by atoms with Crippen LogP contribution in [0.4, 0.5) is 5.69 Å². The largest absolute Gasteiger partial charge is 0.496 e. The van der Waals surface area contributed by atoms with Crippen LogP contribution in [-0.4, -0.2) is 17.3 Å². The molecule has 0 bridgehead atoms. The molecule has 0 spiro atoms. The minimum absolute atomic E-state index is 0.162. The predicted molar refractivity (Wildman–Crippen MR) is 108 cm³/mol. The Balaban J connectivity index is 1.99. The van der Waals surface area contributed by atoms with Gasteiger partial charge in [-0.15, -0.1) is 0 Å². The first-order chi connectivity index (χ1) is 11.5. The second kappa shape index (κ2) is 7.27. The maximum atomic E-state index is 12.8. The summed E-state index contributed by atoms with van der Waals surface area (Å²) in [5.41, 5.74) is 1.47. The molecular weight excluding hydrogens is 430 g/mol. The van der Waals surface area contributed by atoms with E-state index in [0.29, 0.717) is 20.0 Å². The third kappa shape index (κ3) is 3.52.